The largest absolute Gasteiger partial charge is 0.493 e. The fraction of sp³-hybridized carbons (Fsp3) is 0.679. The topological polar surface area (TPSA) is 105 Å². The number of hydrogen-bond acceptors (Lipinski definition) is 5. The van der Waals surface area contributed by atoms with Gasteiger partial charge in [-0.15, -0.1) is 0 Å². The second-order valence-electron chi connectivity index (χ2n) is 11.2. The van der Waals surface area contributed by atoms with Crippen LogP contribution in [0.25, 0.3) is 0 Å². The highest BCUT2D eigenvalue weighted by atomic mass is 16.5. The van der Waals surface area contributed by atoms with Gasteiger partial charge in [0.2, 0.25) is 17.7 Å². The lowest BCUT2D eigenvalue weighted by molar-refractivity contribution is -0.150. The number of nitrogens with zero attached hydrogens (tertiary/aromatic N) is 2. The molecule has 2 aliphatic rings. The minimum absolute atomic E-state index is 0.0686. The minimum atomic E-state index is -0.388. The molecule has 2 atom stereocenters. The van der Waals surface area contributed by atoms with E-state index < -0.39 is 0 Å². The van der Waals surface area contributed by atoms with E-state index in [1.807, 2.05) is 34.1 Å². The van der Waals surface area contributed by atoms with Gasteiger partial charge >= 0.3 is 0 Å². The molecule has 0 aliphatic carbocycles. The van der Waals surface area contributed by atoms with Crippen LogP contribution in [0.5, 0.6) is 5.75 Å². The van der Waals surface area contributed by atoms with E-state index >= 15 is 0 Å². The van der Waals surface area contributed by atoms with Gasteiger partial charge in [0.15, 0.2) is 0 Å². The number of rotatable bonds is 11. The van der Waals surface area contributed by atoms with Crippen LogP contribution in [0.1, 0.15) is 58.9 Å². The van der Waals surface area contributed by atoms with E-state index in [-0.39, 0.29) is 36.2 Å². The van der Waals surface area contributed by atoms with E-state index in [0.717, 1.165) is 37.1 Å². The van der Waals surface area contributed by atoms with Crippen molar-refractivity contribution in [2.75, 3.05) is 32.8 Å². The molecule has 3 N–H and O–H groups in total. The van der Waals surface area contributed by atoms with E-state index in [4.69, 9.17) is 10.5 Å². The first-order valence-electron chi connectivity index (χ1n) is 13.5. The summed E-state index contributed by atoms with van der Waals surface area (Å²) in [6.07, 6.45) is 3.46. The number of piperazine rings is 1. The molecule has 36 heavy (non-hydrogen) atoms. The summed E-state index contributed by atoms with van der Waals surface area (Å²) >= 11 is 0. The van der Waals surface area contributed by atoms with E-state index in [1.165, 1.54) is 0 Å². The molecule has 0 bridgehead atoms. The maximum atomic E-state index is 13.6. The summed E-state index contributed by atoms with van der Waals surface area (Å²) in [7, 11) is 0. The monoisotopic (exact) mass is 500 g/mol. The lowest BCUT2D eigenvalue weighted by Gasteiger charge is -2.42. The molecule has 0 saturated carbocycles. The first-order valence-corrected chi connectivity index (χ1v) is 13.5. The van der Waals surface area contributed by atoms with Gasteiger partial charge in [-0.25, -0.2) is 0 Å². The molecule has 0 spiro atoms. The Labute approximate surface area is 215 Å². The Morgan fingerprint density at radius 2 is 1.72 bits per heavy atom. The van der Waals surface area contributed by atoms with Crippen molar-refractivity contribution in [1.29, 1.82) is 0 Å². The summed E-state index contributed by atoms with van der Waals surface area (Å²) in [5.74, 6) is 1.69. The Hall–Kier alpha value is -2.61. The minimum Gasteiger partial charge on any atom is -0.493 e. The molecule has 3 amide bonds. The van der Waals surface area contributed by atoms with E-state index in [0.29, 0.717) is 50.4 Å². The lowest BCUT2D eigenvalue weighted by atomic mass is 9.94. The van der Waals surface area contributed by atoms with Crippen molar-refractivity contribution >= 4 is 17.7 Å². The SMILES string of the molecule is CC(C)CC1NCCN(C(CC(C)C)C(=O)N2CCC(COc3ccc(CC(N)=O)cc3)CC2)C1=O. The molecule has 1 aromatic rings. The molecule has 0 aromatic heterocycles. The van der Waals surface area contributed by atoms with Crippen LogP contribution in [0, 0.1) is 17.8 Å². The van der Waals surface area contributed by atoms with Gasteiger partial charge in [-0.2, -0.15) is 0 Å². The van der Waals surface area contributed by atoms with Crippen molar-refractivity contribution in [2.24, 2.45) is 23.5 Å². The number of hydrogen-bond donors (Lipinski definition) is 2. The number of carbonyl (C=O) groups excluding carboxylic acids is 3. The highest BCUT2D eigenvalue weighted by molar-refractivity contribution is 5.90. The van der Waals surface area contributed by atoms with Gasteiger partial charge in [0, 0.05) is 26.2 Å². The molecular weight excluding hydrogens is 456 g/mol. The van der Waals surface area contributed by atoms with Gasteiger partial charge < -0.3 is 25.6 Å². The molecular formula is C28H44N4O4. The maximum Gasteiger partial charge on any atom is 0.245 e. The van der Waals surface area contributed by atoms with Crippen molar-refractivity contribution in [3.63, 3.8) is 0 Å². The average molecular weight is 501 g/mol. The molecule has 3 rings (SSSR count). The summed E-state index contributed by atoms with van der Waals surface area (Å²) in [5, 5.41) is 3.35. The Kier molecular flexibility index (Phi) is 10.2. The molecule has 8 nitrogen and oxygen atoms in total. The van der Waals surface area contributed by atoms with E-state index in [2.05, 4.69) is 33.0 Å². The fourth-order valence-electron chi connectivity index (χ4n) is 5.18. The number of primary amides is 1. The Balaban J connectivity index is 1.54. The quantitative estimate of drug-likeness (QED) is 0.486. The van der Waals surface area contributed by atoms with Crippen LogP contribution in [-0.2, 0) is 20.8 Å². The molecule has 8 heteroatoms. The number of benzene rings is 1. The highest BCUT2D eigenvalue weighted by Crippen LogP contribution is 2.24. The molecule has 1 aromatic carbocycles. The third-order valence-corrected chi connectivity index (χ3v) is 7.10. The van der Waals surface area contributed by atoms with E-state index in [1.54, 1.807) is 0 Å². The van der Waals surface area contributed by atoms with Gasteiger partial charge in [0.1, 0.15) is 11.8 Å². The number of piperidine rings is 1. The van der Waals surface area contributed by atoms with Crippen LogP contribution < -0.4 is 15.8 Å². The number of amides is 3. The summed E-state index contributed by atoms with van der Waals surface area (Å²) in [4.78, 5) is 41.8. The van der Waals surface area contributed by atoms with Crippen LogP contribution in [0.4, 0.5) is 0 Å². The first-order chi connectivity index (χ1) is 17.1. The first kappa shape index (κ1) is 28.0. The third kappa shape index (κ3) is 7.95. The number of ether oxygens (including phenoxy) is 1. The second-order valence-corrected chi connectivity index (χ2v) is 11.2. The van der Waals surface area contributed by atoms with Gasteiger partial charge in [0.25, 0.3) is 0 Å². The van der Waals surface area contributed by atoms with Crippen LogP contribution in [0.15, 0.2) is 24.3 Å². The standard InChI is InChI=1S/C28H44N4O4/c1-19(2)15-24-27(34)32(14-11-30-24)25(16-20(3)4)28(35)31-12-9-22(10-13-31)18-36-23-7-5-21(6-8-23)17-26(29)33/h5-8,19-20,22,24-25,30H,9-18H2,1-4H3,(H2,29,33). The van der Waals surface area contributed by atoms with Gasteiger partial charge in [0.05, 0.1) is 19.1 Å². The summed E-state index contributed by atoms with van der Waals surface area (Å²) in [6.45, 7) is 11.8. The normalized spacial score (nSPS) is 20.2. The van der Waals surface area contributed by atoms with E-state index in [9.17, 15) is 14.4 Å². The number of nitrogens with one attached hydrogen (secondary N) is 1. The fourth-order valence-corrected chi connectivity index (χ4v) is 5.18. The smallest absolute Gasteiger partial charge is 0.245 e. The van der Waals surface area contributed by atoms with Crippen LogP contribution in [0.3, 0.4) is 0 Å². The molecule has 200 valence electrons. The Morgan fingerprint density at radius 1 is 1.06 bits per heavy atom. The predicted octanol–water partition coefficient (Wildman–Crippen LogP) is 2.59. The molecule has 2 fully saturated rings. The summed E-state index contributed by atoms with van der Waals surface area (Å²) in [5.41, 5.74) is 6.12. The predicted molar refractivity (Wildman–Crippen MR) is 140 cm³/mol. The number of likely N-dealkylation sites (tertiary alicyclic amines) is 1. The number of nitrogens with two attached hydrogens (primary N) is 1. The summed E-state index contributed by atoms with van der Waals surface area (Å²) in [6, 6.07) is 6.86. The zero-order chi connectivity index (χ0) is 26.2. The molecule has 0 radical (unpaired) electrons. The highest BCUT2D eigenvalue weighted by Gasteiger charge is 2.39. The van der Waals surface area contributed by atoms with Crippen LogP contribution >= 0.6 is 0 Å². The molecule has 2 saturated heterocycles. The van der Waals surface area contributed by atoms with Gasteiger partial charge in [-0.1, -0.05) is 39.8 Å². The third-order valence-electron chi connectivity index (χ3n) is 7.10. The number of carbonyl (C=O) groups is 3. The molecule has 2 aliphatic heterocycles. The van der Waals surface area contributed by atoms with Crippen LogP contribution in [-0.4, -0.2) is 72.4 Å². The maximum absolute atomic E-state index is 13.6. The second kappa shape index (κ2) is 13.1. The van der Waals surface area contributed by atoms with Crippen molar-refractivity contribution < 1.29 is 19.1 Å². The zero-order valence-corrected chi connectivity index (χ0v) is 22.4. The average Bonchev–Trinajstić information content (AvgIpc) is 2.83. The Morgan fingerprint density at radius 3 is 2.31 bits per heavy atom. The summed E-state index contributed by atoms with van der Waals surface area (Å²) < 4.78 is 5.97. The zero-order valence-electron chi connectivity index (χ0n) is 22.4. The lowest BCUT2D eigenvalue weighted by Crippen LogP contribution is -2.62. The van der Waals surface area contributed by atoms with Crippen molar-refractivity contribution in [2.45, 2.75) is 71.9 Å². The molecule has 2 unspecified atom stereocenters. The Bertz CT molecular complexity index is 878. The van der Waals surface area contributed by atoms with Crippen molar-refractivity contribution in [3.05, 3.63) is 29.8 Å². The molecule has 2 heterocycles. The van der Waals surface area contributed by atoms with Crippen LogP contribution in [0.2, 0.25) is 0 Å². The van der Waals surface area contributed by atoms with Crippen molar-refractivity contribution in [3.8, 4) is 5.75 Å². The van der Waals surface area contributed by atoms with Gasteiger partial charge in [-0.3, -0.25) is 14.4 Å². The van der Waals surface area contributed by atoms with Crippen molar-refractivity contribution in [1.82, 2.24) is 15.1 Å². The van der Waals surface area contributed by atoms with Gasteiger partial charge in [-0.05, 0) is 61.1 Å².